The van der Waals surface area contributed by atoms with E-state index >= 15 is 0 Å². The molecule has 0 radical (unpaired) electrons. The van der Waals surface area contributed by atoms with Crippen molar-refractivity contribution in [3.8, 4) is 0 Å². The predicted octanol–water partition coefficient (Wildman–Crippen LogP) is 2.91. The lowest BCUT2D eigenvalue weighted by Crippen LogP contribution is -2.44. The van der Waals surface area contributed by atoms with Crippen LogP contribution in [0.5, 0.6) is 0 Å². The monoisotopic (exact) mass is 367 g/mol. The number of benzene rings is 2. The molecule has 1 fully saturated rings. The highest BCUT2D eigenvalue weighted by molar-refractivity contribution is 5.96. The summed E-state index contributed by atoms with van der Waals surface area (Å²) in [4.78, 5) is 37.6. The Morgan fingerprint density at radius 2 is 1.63 bits per heavy atom. The maximum absolute atomic E-state index is 13.1. The molecule has 1 saturated heterocycles. The van der Waals surface area contributed by atoms with E-state index in [4.69, 9.17) is 4.74 Å². The van der Waals surface area contributed by atoms with Crippen LogP contribution in [0.2, 0.25) is 0 Å². The van der Waals surface area contributed by atoms with E-state index < -0.39 is 29.9 Å². The first kappa shape index (κ1) is 18.6. The van der Waals surface area contributed by atoms with Gasteiger partial charge in [0.25, 0.3) is 0 Å². The smallest absolute Gasteiger partial charge is 0.416 e. The third-order valence-electron chi connectivity index (χ3n) is 4.61. The number of imide groups is 1. The summed E-state index contributed by atoms with van der Waals surface area (Å²) in [5.41, 5.74) is 1.83. The van der Waals surface area contributed by atoms with Crippen LogP contribution in [0.25, 0.3) is 0 Å². The van der Waals surface area contributed by atoms with Crippen LogP contribution in [-0.4, -0.2) is 40.6 Å². The Morgan fingerprint density at radius 1 is 1.04 bits per heavy atom. The van der Waals surface area contributed by atoms with Gasteiger partial charge in [0, 0.05) is 0 Å². The molecule has 140 valence electrons. The van der Waals surface area contributed by atoms with Gasteiger partial charge in [0.05, 0.1) is 18.4 Å². The molecule has 1 N–H and O–H groups in total. The summed E-state index contributed by atoms with van der Waals surface area (Å²) >= 11 is 0. The molecule has 0 saturated carbocycles. The van der Waals surface area contributed by atoms with Crippen molar-refractivity contribution in [1.82, 2.24) is 4.90 Å². The maximum Gasteiger partial charge on any atom is 0.416 e. The molecule has 1 unspecified atom stereocenters. The van der Waals surface area contributed by atoms with Gasteiger partial charge in [0.2, 0.25) is 5.91 Å². The van der Waals surface area contributed by atoms with E-state index in [0.717, 1.165) is 16.0 Å². The Balaban J connectivity index is 1.79. The molecular formula is C21H21NO5. The van der Waals surface area contributed by atoms with Gasteiger partial charge in [-0.1, -0.05) is 60.7 Å². The number of carbonyl (C=O) groups is 3. The van der Waals surface area contributed by atoms with E-state index in [1.807, 2.05) is 60.7 Å². The molecule has 27 heavy (non-hydrogen) atoms. The van der Waals surface area contributed by atoms with E-state index in [0.29, 0.717) is 6.42 Å². The number of nitrogens with zero attached hydrogens (tertiary/aromatic N) is 1. The molecule has 1 aliphatic rings. The molecule has 0 bridgehead atoms. The summed E-state index contributed by atoms with van der Waals surface area (Å²) in [7, 11) is 0. The summed E-state index contributed by atoms with van der Waals surface area (Å²) in [5, 5.41) is 9.23. The molecule has 6 nitrogen and oxygen atoms in total. The SMILES string of the molecule is O=C(O)CC(Cc1ccccc1)C(=O)N1C(=O)OC[C@H]1Cc1ccccc1. The largest absolute Gasteiger partial charge is 0.481 e. The van der Waals surface area contributed by atoms with Gasteiger partial charge in [-0.05, 0) is 24.0 Å². The quantitative estimate of drug-likeness (QED) is 0.813. The van der Waals surface area contributed by atoms with Gasteiger partial charge in [-0.3, -0.25) is 9.59 Å². The van der Waals surface area contributed by atoms with Crippen LogP contribution in [0.3, 0.4) is 0 Å². The first-order valence-corrected chi connectivity index (χ1v) is 8.84. The van der Waals surface area contributed by atoms with E-state index in [1.165, 1.54) is 0 Å². The van der Waals surface area contributed by atoms with Gasteiger partial charge in [-0.2, -0.15) is 0 Å². The van der Waals surface area contributed by atoms with Gasteiger partial charge in [-0.25, -0.2) is 9.69 Å². The third kappa shape index (κ3) is 4.73. The number of amides is 2. The molecule has 2 amide bonds. The lowest BCUT2D eigenvalue weighted by atomic mass is 9.94. The average molecular weight is 367 g/mol. The number of aliphatic carboxylic acids is 1. The molecular weight excluding hydrogens is 346 g/mol. The second kappa shape index (κ2) is 8.49. The van der Waals surface area contributed by atoms with Crippen LogP contribution in [0.15, 0.2) is 60.7 Å². The van der Waals surface area contributed by atoms with Gasteiger partial charge in [0.15, 0.2) is 0 Å². The van der Waals surface area contributed by atoms with E-state index in [2.05, 4.69) is 0 Å². The third-order valence-corrected chi connectivity index (χ3v) is 4.61. The number of hydrogen-bond donors (Lipinski definition) is 1. The number of carbonyl (C=O) groups excluding carboxylic acids is 2. The van der Waals surface area contributed by atoms with Gasteiger partial charge in [0.1, 0.15) is 6.61 Å². The van der Waals surface area contributed by atoms with Crippen molar-refractivity contribution in [3.05, 3.63) is 71.8 Å². The summed E-state index contributed by atoms with van der Waals surface area (Å²) < 4.78 is 5.10. The van der Waals surface area contributed by atoms with Gasteiger partial charge < -0.3 is 9.84 Å². The van der Waals surface area contributed by atoms with E-state index in [-0.39, 0.29) is 19.4 Å². The first-order chi connectivity index (χ1) is 13.0. The Labute approximate surface area is 157 Å². The highest BCUT2D eigenvalue weighted by Gasteiger charge is 2.41. The van der Waals surface area contributed by atoms with Crippen LogP contribution < -0.4 is 0 Å². The fourth-order valence-corrected chi connectivity index (χ4v) is 3.32. The normalized spacial score (nSPS) is 17.4. The Hall–Kier alpha value is -3.15. The van der Waals surface area contributed by atoms with Gasteiger partial charge >= 0.3 is 12.1 Å². The summed E-state index contributed by atoms with van der Waals surface area (Å²) in [5.74, 6) is -2.39. The molecule has 1 aliphatic heterocycles. The lowest BCUT2D eigenvalue weighted by molar-refractivity contribution is -0.143. The van der Waals surface area contributed by atoms with E-state index in [1.54, 1.807) is 0 Å². The zero-order chi connectivity index (χ0) is 19.2. The minimum absolute atomic E-state index is 0.116. The van der Waals surface area contributed by atoms with Crippen molar-refractivity contribution in [3.63, 3.8) is 0 Å². The van der Waals surface area contributed by atoms with Crippen molar-refractivity contribution in [2.24, 2.45) is 5.92 Å². The maximum atomic E-state index is 13.1. The Bertz CT molecular complexity index is 806. The average Bonchev–Trinajstić information content (AvgIpc) is 3.02. The highest BCUT2D eigenvalue weighted by Crippen LogP contribution is 2.23. The van der Waals surface area contributed by atoms with Crippen molar-refractivity contribution >= 4 is 18.0 Å². The molecule has 2 aromatic rings. The number of ether oxygens (including phenoxy) is 1. The number of carboxylic acids is 1. The molecule has 0 aliphatic carbocycles. The van der Waals surface area contributed by atoms with Crippen LogP contribution >= 0.6 is 0 Å². The molecule has 6 heteroatoms. The van der Waals surface area contributed by atoms with Crippen molar-refractivity contribution in [2.45, 2.75) is 25.3 Å². The molecule has 2 atom stereocenters. The second-order valence-corrected chi connectivity index (χ2v) is 6.61. The number of rotatable bonds is 7. The number of cyclic esters (lactones) is 1. The van der Waals surface area contributed by atoms with Crippen molar-refractivity contribution < 1.29 is 24.2 Å². The van der Waals surface area contributed by atoms with Crippen LogP contribution in [0.1, 0.15) is 17.5 Å². The van der Waals surface area contributed by atoms with E-state index in [9.17, 15) is 19.5 Å². The topological polar surface area (TPSA) is 83.9 Å². The summed E-state index contributed by atoms with van der Waals surface area (Å²) in [6.07, 6.45) is -0.309. The Kier molecular flexibility index (Phi) is 5.86. The molecule has 0 aromatic heterocycles. The van der Waals surface area contributed by atoms with Crippen LogP contribution in [-0.2, 0) is 27.2 Å². The fourth-order valence-electron chi connectivity index (χ4n) is 3.32. The first-order valence-electron chi connectivity index (χ1n) is 8.84. The minimum atomic E-state index is -1.07. The lowest BCUT2D eigenvalue weighted by Gasteiger charge is -2.24. The molecule has 1 heterocycles. The Morgan fingerprint density at radius 3 is 2.22 bits per heavy atom. The van der Waals surface area contributed by atoms with Gasteiger partial charge in [-0.15, -0.1) is 0 Å². The zero-order valence-electron chi connectivity index (χ0n) is 14.8. The molecule has 2 aromatic carbocycles. The highest BCUT2D eigenvalue weighted by atomic mass is 16.6. The second-order valence-electron chi connectivity index (χ2n) is 6.61. The standard InChI is InChI=1S/C21H21NO5/c23-19(24)13-17(11-15-7-3-1-4-8-15)20(25)22-18(14-27-21(22)26)12-16-9-5-2-6-10-16/h1-10,17-18H,11-14H2,(H,23,24)/t17?,18-/m1/s1. The van der Waals surface area contributed by atoms with Crippen molar-refractivity contribution in [2.75, 3.05) is 6.61 Å². The summed E-state index contributed by atoms with van der Waals surface area (Å²) in [6.45, 7) is 0.116. The number of carboxylic acid groups (broad SMARTS) is 1. The molecule has 0 spiro atoms. The molecule has 3 rings (SSSR count). The fraction of sp³-hybridized carbons (Fsp3) is 0.286. The number of hydrogen-bond acceptors (Lipinski definition) is 4. The van der Waals surface area contributed by atoms with Crippen LogP contribution in [0, 0.1) is 5.92 Å². The predicted molar refractivity (Wildman–Crippen MR) is 98.0 cm³/mol. The summed E-state index contributed by atoms with van der Waals surface area (Å²) in [6, 6.07) is 18.3. The van der Waals surface area contributed by atoms with Crippen LogP contribution in [0.4, 0.5) is 4.79 Å². The minimum Gasteiger partial charge on any atom is -0.481 e. The zero-order valence-corrected chi connectivity index (χ0v) is 14.8. The van der Waals surface area contributed by atoms with Crippen molar-refractivity contribution in [1.29, 1.82) is 0 Å².